The predicted octanol–water partition coefficient (Wildman–Crippen LogP) is 4.18. The molecule has 0 unspecified atom stereocenters. The number of nitrogen functional groups attached to an aromatic ring is 1. The van der Waals surface area contributed by atoms with Crippen molar-refractivity contribution in [1.82, 2.24) is 10.2 Å². The first kappa shape index (κ1) is 14.7. The summed E-state index contributed by atoms with van der Waals surface area (Å²) in [6.07, 6.45) is -3.97. The smallest absolute Gasteiger partial charge is 0.418 e. The lowest BCUT2D eigenvalue weighted by molar-refractivity contribution is -0.138. The van der Waals surface area contributed by atoms with Crippen LogP contribution in [0.2, 0.25) is 10.0 Å². The third-order valence-corrected chi connectivity index (χ3v) is 2.75. The van der Waals surface area contributed by atoms with E-state index in [4.69, 9.17) is 33.7 Å². The molecule has 4 nitrogen and oxygen atoms in total. The van der Waals surface area contributed by atoms with Crippen LogP contribution in [0.1, 0.15) is 5.56 Å². The van der Waals surface area contributed by atoms with Gasteiger partial charge in [0.25, 0.3) is 0 Å². The number of nitrogens with two attached hydrogens (primary N) is 1. The van der Waals surface area contributed by atoms with Gasteiger partial charge in [-0.2, -0.15) is 18.3 Å². The molecule has 0 amide bonds. The van der Waals surface area contributed by atoms with Crippen molar-refractivity contribution in [2.75, 3.05) is 5.73 Å². The first-order valence-electron chi connectivity index (χ1n) is 5.09. The van der Waals surface area contributed by atoms with Crippen molar-refractivity contribution in [3.05, 3.63) is 40.0 Å². The average molecular weight is 324 g/mol. The van der Waals surface area contributed by atoms with Gasteiger partial charge in [-0.1, -0.05) is 23.2 Å². The highest BCUT2D eigenvalue weighted by Crippen LogP contribution is 2.38. The lowest BCUT2D eigenvalue weighted by Gasteiger charge is -2.10. The highest BCUT2D eigenvalue weighted by atomic mass is 35.5. The summed E-state index contributed by atoms with van der Waals surface area (Å²) in [7, 11) is 0. The number of rotatable bonds is 2. The number of hydrogen-bond acceptors (Lipinski definition) is 4. The summed E-state index contributed by atoms with van der Waals surface area (Å²) in [5.74, 6) is -0.426. The molecule has 1 heterocycles. The molecule has 0 atom stereocenters. The largest absolute Gasteiger partial charge is 0.434 e. The number of hydrogen-bond donors (Lipinski definition) is 1. The van der Waals surface area contributed by atoms with E-state index >= 15 is 0 Å². The second kappa shape index (κ2) is 5.34. The van der Waals surface area contributed by atoms with Crippen LogP contribution in [0.15, 0.2) is 24.4 Å². The van der Waals surface area contributed by atoms with E-state index in [1.165, 1.54) is 12.1 Å². The van der Waals surface area contributed by atoms with Gasteiger partial charge in [-0.3, -0.25) is 0 Å². The summed E-state index contributed by atoms with van der Waals surface area (Å²) >= 11 is 11.7. The summed E-state index contributed by atoms with van der Waals surface area (Å²) in [5, 5.41) is 6.75. The van der Waals surface area contributed by atoms with Gasteiger partial charge < -0.3 is 10.5 Å². The van der Waals surface area contributed by atoms with Crippen LogP contribution in [-0.4, -0.2) is 10.2 Å². The summed E-state index contributed by atoms with van der Waals surface area (Å²) in [6.45, 7) is 0. The summed E-state index contributed by atoms with van der Waals surface area (Å²) in [5.41, 5.74) is 4.80. The quantitative estimate of drug-likeness (QED) is 0.842. The number of alkyl halides is 3. The predicted molar refractivity (Wildman–Crippen MR) is 68.0 cm³/mol. The van der Waals surface area contributed by atoms with Gasteiger partial charge in [-0.25, -0.2) is 0 Å². The zero-order chi connectivity index (χ0) is 14.9. The Morgan fingerprint density at radius 2 is 1.70 bits per heavy atom. The summed E-state index contributed by atoms with van der Waals surface area (Å²) in [4.78, 5) is 0. The van der Waals surface area contributed by atoms with Crippen molar-refractivity contribution >= 4 is 28.9 Å². The SMILES string of the molecule is Nc1cc(Cl)c(Oc2cc(C(F)(F)F)cnn2)c(Cl)c1. The Morgan fingerprint density at radius 1 is 1.10 bits per heavy atom. The van der Waals surface area contributed by atoms with Crippen LogP contribution >= 0.6 is 23.2 Å². The fourth-order valence-electron chi connectivity index (χ4n) is 1.33. The Kier molecular flexibility index (Phi) is 3.92. The van der Waals surface area contributed by atoms with E-state index < -0.39 is 11.7 Å². The standard InChI is InChI=1S/C11H6Cl2F3N3O/c12-7-2-6(17)3-8(13)10(7)20-9-1-5(4-18-19-9)11(14,15)16/h1-4H,17H2. The Labute approximate surface area is 121 Å². The van der Waals surface area contributed by atoms with E-state index in [9.17, 15) is 13.2 Å². The fraction of sp³-hybridized carbons (Fsp3) is 0.0909. The molecular weight excluding hydrogens is 318 g/mol. The van der Waals surface area contributed by atoms with Crippen LogP contribution < -0.4 is 10.5 Å². The normalized spacial score (nSPS) is 11.4. The minimum Gasteiger partial charge on any atom is -0.434 e. The van der Waals surface area contributed by atoms with Crippen molar-refractivity contribution in [3.8, 4) is 11.6 Å². The highest BCUT2D eigenvalue weighted by Gasteiger charge is 2.31. The van der Waals surface area contributed by atoms with Gasteiger partial charge in [0.15, 0.2) is 5.75 Å². The first-order chi connectivity index (χ1) is 9.27. The lowest BCUT2D eigenvalue weighted by Crippen LogP contribution is -2.06. The molecule has 0 aliphatic rings. The van der Waals surface area contributed by atoms with Crippen LogP contribution in [0.5, 0.6) is 11.6 Å². The highest BCUT2D eigenvalue weighted by molar-refractivity contribution is 6.37. The zero-order valence-electron chi connectivity index (χ0n) is 9.58. The van der Waals surface area contributed by atoms with Gasteiger partial charge in [-0.15, -0.1) is 5.10 Å². The molecule has 2 rings (SSSR count). The maximum absolute atomic E-state index is 12.5. The molecule has 1 aromatic heterocycles. The molecular formula is C11H6Cl2F3N3O. The number of benzene rings is 1. The van der Waals surface area contributed by atoms with E-state index in [0.29, 0.717) is 18.0 Å². The van der Waals surface area contributed by atoms with Crippen LogP contribution in [0.25, 0.3) is 0 Å². The molecule has 0 saturated carbocycles. The van der Waals surface area contributed by atoms with Gasteiger partial charge in [0, 0.05) is 11.8 Å². The third kappa shape index (κ3) is 3.23. The number of aromatic nitrogens is 2. The van der Waals surface area contributed by atoms with Crippen LogP contribution in [0.4, 0.5) is 18.9 Å². The van der Waals surface area contributed by atoms with Gasteiger partial charge in [0.2, 0.25) is 5.88 Å². The Balaban J connectivity index is 2.36. The molecule has 0 radical (unpaired) electrons. The van der Waals surface area contributed by atoms with Crippen molar-refractivity contribution in [2.24, 2.45) is 0 Å². The fourth-order valence-corrected chi connectivity index (χ4v) is 1.91. The number of halogens is 5. The molecule has 106 valence electrons. The maximum atomic E-state index is 12.5. The minimum absolute atomic E-state index is 0.0452. The molecule has 20 heavy (non-hydrogen) atoms. The number of nitrogens with zero attached hydrogens (tertiary/aromatic N) is 2. The van der Waals surface area contributed by atoms with Gasteiger partial charge in [-0.05, 0) is 12.1 Å². The van der Waals surface area contributed by atoms with Gasteiger partial charge in [0.05, 0.1) is 21.8 Å². The molecule has 0 aliphatic carbocycles. The average Bonchev–Trinajstić information content (AvgIpc) is 2.33. The van der Waals surface area contributed by atoms with Gasteiger partial charge >= 0.3 is 6.18 Å². The van der Waals surface area contributed by atoms with Crippen molar-refractivity contribution < 1.29 is 17.9 Å². The lowest BCUT2D eigenvalue weighted by atomic mass is 10.3. The number of anilines is 1. The molecule has 2 N–H and O–H groups in total. The van der Waals surface area contributed by atoms with E-state index in [0.717, 1.165) is 0 Å². The number of ether oxygens (including phenoxy) is 1. The Morgan fingerprint density at radius 3 is 2.25 bits per heavy atom. The molecule has 2 aromatic rings. The summed E-state index contributed by atoms with van der Waals surface area (Å²) in [6, 6.07) is 3.39. The Hall–Kier alpha value is -1.73. The van der Waals surface area contributed by atoms with Crippen LogP contribution in [-0.2, 0) is 6.18 Å². The zero-order valence-corrected chi connectivity index (χ0v) is 11.1. The van der Waals surface area contributed by atoms with Crippen LogP contribution in [0.3, 0.4) is 0 Å². The summed E-state index contributed by atoms with van der Waals surface area (Å²) < 4.78 is 42.7. The molecule has 0 aliphatic heterocycles. The molecule has 0 spiro atoms. The Bertz CT molecular complexity index is 626. The van der Waals surface area contributed by atoms with E-state index in [1.54, 1.807) is 0 Å². The van der Waals surface area contributed by atoms with E-state index in [-0.39, 0.29) is 21.7 Å². The maximum Gasteiger partial charge on any atom is 0.418 e. The van der Waals surface area contributed by atoms with Crippen molar-refractivity contribution in [2.45, 2.75) is 6.18 Å². The molecule has 0 fully saturated rings. The van der Waals surface area contributed by atoms with Gasteiger partial charge in [0.1, 0.15) is 0 Å². The minimum atomic E-state index is -4.55. The monoisotopic (exact) mass is 323 g/mol. The second-order valence-electron chi connectivity index (χ2n) is 3.70. The van der Waals surface area contributed by atoms with Crippen molar-refractivity contribution in [1.29, 1.82) is 0 Å². The van der Waals surface area contributed by atoms with E-state index in [1.807, 2.05) is 0 Å². The molecule has 0 bridgehead atoms. The van der Waals surface area contributed by atoms with Crippen LogP contribution in [0, 0.1) is 0 Å². The van der Waals surface area contributed by atoms with E-state index in [2.05, 4.69) is 10.2 Å². The molecule has 9 heteroatoms. The first-order valence-corrected chi connectivity index (χ1v) is 5.85. The van der Waals surface area contributed by atoms with Crippen molar-refractivity contribution in [3.63, 3.8) is 0 Å². The third-order valence-electron chi connectivity index (χ3n) is 2.19. The second-order valence-corrected chi connectivity index (χ2v) is 4.51. The topological polar surface area (TPSA) is 61.0 Å². The molecule has 1 aromatic carbocycles. The molecule has 0 saturated heterocycles.